The maximum Gasteiger partial charge on any atom is 0.495 e. The van der Waals surface area contributed by atoms with E-state index < -0.39 is 23.9 Å². The fourth-order valence-electron chi connectivity index (χ4n) is 3.77. The molecule has 2 aliphatic heterocycles. The highest BCUT2D eigenvalue weighted by Gasteiger charge is 2.52. The van der Waals surface area contributed by atoms with Crippen molar-refractivity contribution >= 4 is 24.6 Å². The summed E-state index contributed by atoms with van der Waals surface area (Å²) in [6.45, 7) is 16.8. The van der Waals surface area contributed by atoms with Crippen molar-refractivity contribution in [1.29, 1.82) is 0 Å². The lowest BCUT2D eigenvalue weighted by atomic mass is 9.75. The van der Waals surface area contributed by atoms with Crippen molar-refractivity contribution in [3.05, 3.63) is 29.8 Å². The van der Waals surface area contributed by atoms with Crippen LogP contribution in [0.1, 0.15) is 65.7 Å². The Morgan fingerprint density at radius 2 is 1.65 bits per heavy atom. The maximum atomic E-state index is 13.5. The molecule has 0 spiro atoms. The Balaban J connectivity index is 1.76. The Morgan fingerprint density at radius 1 is 1.06 bits per heavy atom. The average molecular weight is 430 g/mol. The van der Waals surface area contributed by atoms with Gasteiger partial charge in [0.05, 0.1) is 11.2 Å². The number of rotatable bonds is 2. The van der Waals surface area contributed by atoms with Crippen LogP contribution < -0.4 is 5.46 Å². The van der Waals surface area contributed by atoms with Crippen LogP contribution in [-0.2, 0) is 14.0 Å². The van der Waals surface area contributed by atoms with E-state index in [1.807, 2.05) is 84.6 Å². The SMILES string of the molecule is C[C@H]1CN(C(=O)OC(C)(C)C)CCN1C(=O)c1ccccc1B1OC(C)(C)C(C)(C)O1. The van der Waals surface area contributed by atoms with Gasteiger partial charge in [-0.2, -0.15) is 0 Å². The molecule has 7 nitrogen and oxygen atoms in total. The van der Waals surface area contributed by atoms with Gasteiger partial charge in [0.1, 0.15) is 5.60 Å². The van der Waals surface area contributed by atoms with E-state index in [1.165, 1.54) is 0 Å². The van der Waals surface area contributed by atoms with Crippen LogP contribution in [-0.4, -0.2) is 71.4 Å². The molecule has 0 saturated carbocycles. The number of amides is 2. The lowest BCUT2D eigenvalue weighted by Crippen LogP contribution is -2.57. The van der Waals surface area contributed by atoms with Crippen molar-refractivity contribution in [2.24, 2.45) is 0 Å². The van der Waals surface area contributed by atoms with E-state index in [1.54, 1.807) is 4.90 Å². The molecule has 31 heavy (non-hydrogen) atoms. The first kappa shape index (κ1) is 23.6. The summed E-state index contributed by atoms with van der Waals surface area (Å²) in [4.78, 5) is 29.4. The number of nitrogens with zero attached hydrogens (tertiary/aromatic N) is 2. The summed E-state index contributed by atoms with van der Waals surface area (Å²) < 4.78 is 17.9. The van der Waals surface area contributed by atoms with E-state index in [9.17, 15) is 9.59 Å². The first-order valence-electron chi connectivity index (χ1n) is 11.0. The summed E-state index contributed by atoms with van der Waals surface area (Å²) in [5.41, 5.74) is -0.221. The number of carbonyl (C=O) groups is 2. The predicted octanol–water partition coefficient (Wildman–Crippen LogP) is 3.07. The fourth-order valence-corrected chi connectivity index (χ4v) is 3.77. The Labute approximate surface area is 186 Å². The zero-order valence-corrected chi connectivity index (χ0v) is 20.0. The molecule has 2 fully saturated rings. The molecule has 1 aromatic rings. The van der Waals surface area contributed by atoms with Crippen LogP contribution in [0, 0.1) is 0 Å². The lowest BCUT2D eigenvalue weighted by molar-refractivity contribution is 0.00578. The van der Waals surface area contributed by atoms with Gasteiger partial charge in [-0.05, 0) is 66.9 Å². The van der Waals surface area contributed by atoms with Crippen LogP contribution >= 0.6 is 0 Å². The second-order valence-electron chi connectivity index (χ2n) is 10.4. The van der Waals surface area contributed by atoms with Gasteiger partial charge in [0.15, 0.2) is 0 Å². The van der Waals surface area contributed by atoms with E-state index >= 15 is 0 Å². The molecule has 0 N–H and O–H groups in total. The van der Waals surface area contributed by atoms with Gasteiger partial charge in [-0.15, -0.1) is 0 Å². The number of piperazine rings is 1. The topological polar surface area (TPSA) is 68.3 Å². The summed E-state index contributed by atoms with van der Waals surface area (Å²) >= 11 is 0. The molecule has 170 valence electrons. The zero-order valence-electron chi connectivity index (χ0n) is 20.0. The van der Waals surface area contributed by atoms with Crippen LogP contribution in [0.4, 0.5) is 4.79 Å². The monoisotopic (exact) mass is 430 g/mol. The van der Waals surface area contributed by atoms with E-state index in [4.69, 9.17) is 14.0 Å². The third-order valence-corrected chi connectivity index (χ3v) is 6.24. The molecule has 1 aromatic carbocycles. The Morgan fingerprint density at radius 3 is 2.19 bits per heavy atom. The summed E-state index contributed by atoms with van der Waals surface area (Å²) in [6.07, 6.45) is -0.343. The largest absolute Gasteiger partial charge is 0.495 e. The van der Waals surface area contributed by atoms with Crippen LogP contribution in [0.15, 0.2) is 24.3 Å². The molecule has 1 atom stereocenters. The van der Waals surface area contributed by atoms with Crippen molar-refractivity contribution in [2.75, 3.05) is 19.6 Å². The molecule has 0 radical (unpaired) electrons. The number of hydrogen-bond acceptors (Lipinski definition) is 5. The van der Waals surface area contributed by atoms with E-state index in [-0.39, 0.29) is 18.0 Å². The molecular weight excluding hydrogens is 395 g/mol. The van der Waals surface area contributed by atoms with Crippen LogP contribution in [0.2, 0.25) is 0 Å². The number of carbonyl (C=O) groups excluding carboxylic acids is 2. The minimum Gasteiger partial charge on any atom is -0.444 e. The third-order valence-electron chi connectivity index (χ3n) is 6.24. The molecule has 2 saturated heterocycles. The smallest absolute Gasteiger partial charge is 0.444 e. The zero-order chi connectivity index (χ0) is 23.2. The van der Waals surface area contributed by atoms with Gasteiger partial charge in [-0.3, -0.25) is 4.79 Å². The summed E-state index contributed by atoms with van der Waals surface area (Å²) in [5.74, 6) is -0.0818. The van der Waals surface area contributed by atoms with Crippen LogP contribution in [0.25, 0.3) is 0 Å². The van der Waals surface area contributed by atoms with Gasteiger partial charge in [0, 0.05) is 31.2 Å². The molecule has 0 bridgehead atoms. The van der Waals surface area contributed by atoms with E-state index in [0.29, 0.717) is 25.2 Å². The van der Waals surface area contributed by atoms with Crippen molar-refractivity contribution in [3.63, 3.8) is 0 Å². The van der Waals surface area contributed by atoms with Crippen molar-refractivity contribution in [3.8, 4) is 0 Å². The number of hydrogen-bond donors (Lipinski definition) is 0. The summed E-state index contributed by atoms with van der Waals surface area (Å²) in [6, 6.07) is 7.30. The van der Waals surface area contributed by atoms with Gasteiger partial charge in [0.25, 0.3) is 5.91 Å². The second-order valence-corrected chi connectivity index (χ2v) is 10.4. The third kappa shape index (κ3) is 4.90. The second kappa shape index (κ2) is 8.13. The van der Waals surface area contributed by atoms with Crippen molar-refractivity contribution in [2.45, 2.75) is 78.2 Å². The first-order valence-corrected chi connectivity index (χ1v) is 11.0. The molecule has 2 amide bonds. The molecule has 2 aliphatic rings. The standard InChI is InChI=1S/C23H35BN2O5/c1-16-15-25(20(28)29-21(2,3)4)13-14-26(16)19(27)17-11-9-10-12-18(17)24-30-22(5,6)23(7,8)31-24/h9-12,16H,13-15H2,1-8H3/t16-/m0/s1. The van der Waals surface area contributed by atoms with Gasteiger partial charge >= 0.3 is 13.2 Å². The fraction of sp³-hybridized carbons (Fsp3) is 0.652. The molecule has 0 aliphatic carbocycles. The van der Waals surface area contributed by atoms with Crippen molar-refractivity contribution in [1.82, 2.24) is 9.80 Å². The molecule has 0 unspecified atom stereocenters. The number of ether oxygens (including phenoxy) is 1. The molecular formula is C23H35BN2O5. The van der Waals surface area contributed by atoms with Crippen molar-refractivity contribution < 1.29 is 23.6 Å². The average Bonchev–Trinajstić information content (AvgIpc) is 2.87. The normalized spacial score (nSPS) is 23.1. The Hall–Kier alpha value is -2.06. The molecule has 0 aromatic heterocycles. The number of benzene rings is 1. The minimum atomic E-state index is -0.608. The highest BCUT2D eigenvalue weighted by Crippen LogP contribution is 2.36. The highest BCUT2D eigenvalue weighted by molar-refractivity contribution is 6.63. The summed E-state index contributed by atoms with van der Waals surface area (Å²) in [5, 5.41) is 0. The van der Waals surface area contributed by atoms with Gasteiger partial charge in [-0.1, -0.05) is 18.2 Å². The Bertz CT molecular complexity index is 833. The minimum absolute atomic E-state index is 0.0818. The summed E-state index contributed by atoms with van der Waals surface area (Å²) in [7, 11) is -0.608. The lowest BCUT2D eigenvalue weighted by Gasteiger charge is -2.40. The first-order chi connectivity index (χ1) is 14.2. The van der Waals surface area contributed by atoms with Crippen LogP contribution in [0.3, 0.4) is 0 Å². The van der Waals surface area contributed by atoms with Crippen LogP contribution in [0.5, 0.6) is 0 Å². The van der Waals surface area contributed by atoms with Gasteiger partial charge < -0.3 is 23.8 Å². The van der Waals surface area contributed by atoms with E-state index in [2.05, 4.69) is 0 Å². The van der Waals surface area contributed by atoms with Gasteiger partial charge in [0.2, 0.25) is 0 Å². The highest BCUT2D eigenvalue weighted by atomic mass is 16.7. The maximum absolute atomic E-state index is 13.5. The van der Waals surface area contributed by atoms with E-state index in [0.717, 1.165) is 5.46 Å². The molecule has 8 heteroatoms. The molecule has 2 heterocycles. The predicted molar refractivity (Wildman–Crippen MR) is 120 cm³/mol. The quantitative estimate of drug-likeness (QED) is 0.675. The molecule has 3 rings (SSSR count). The van der Waals surface area contributed by atoms with Gasteiger partial charge in [-0.25, -0.2) is 4.79 Å². The Kier molecular flexibility index (Phi) is 6.19.